The van der Waals surface area contributed by atoms with Crippen molar-refractivity contribution in [2.75, 3.05) is 19.7 Å². The Morgan fingerprint density at radius 3 is 3.10 bits per heavy atom. The highest BCUT2D eigenvalue weighted by atomic mass is 35.5. The van der Waals surface area contributed by atoms with E-state index in [9.17, 15) is 9.18 Å². The van der Waals surface area contributed by atoms with Crippen LogP contribution in [0, 0.1) is 5.82 Å². The molecule has 7 heteroatoms. The second kappa shape index (κ2) is 6.95. The molecule has 1 aliphatic heterocycles. The summed E-state index contributed by atoms with van der Waals surface area (Å²) in [5, 5.41) is 0.918. The number of carbonyl (C=O) groups is 1. The van der Waals surface area contributed by atoms with Crippen LogP contribution in [-0.2, 0) is 10.5 Å². The summed E-state index contributed by atoms with van der Waals surface area (Å²) in [5.41, 5.74) is 0.414. The first-order chi connectivity index (χ1) is 9.63. The van der Waals surface area contributed by atoms with Gasteiger partial charge in [-0.05, 0) is 19.1 Å². The van der Waals surface area contributed by atoms with E-state index in [0.717, 1.165) is 0 Å². The molecule has 2 rings (SSSR count). The van der Waals surface area contributed by atoms with Gasteiger partial charge >= 0.3 is 6.09 Å². The Balaban J connectivity index is 2.01. The zero-order chi connectivity index (χ0) is 14.5. The fraction of sp³-hybridized carbons (Fsp3) is 0.385. The number of hydrogen-bond donors (Lipinski definition) is 0. The predicted molar refractivity (Wildman–Crippen MR) is 78.7 cm³/mol. The van der Waals surface area contributed by atoms with Gasteiger partial charge in [0.2, 0.25) is 0 Å². The van der Waals surface area contributed by atoms with Crippen molar-refractivity contribution in [3.05, 3.63) is 34.6 Å². The first-order valence-electron chi connectivity index (χ1n) is 6.18. The Morgan fingerprint density at radius 1 is 1.60 bits per heavy atom. The molecular formula is C13H14ClFN2O2S. The van der Waals surface area contributed by atoms with Gasteiger partial charge in [-0.2, -0.15) is 0 Å². The Hall–Kier alpha value is -1.27. The number of halogens is 2. The molecule has 1 aromatic carbocycles. The van der Waals surface area contributed by atoms with E-state index in [2.05, 4.69) is 4.99 Å². The van der Waals surface area contributed by atoms with Gasteiger partial charge in [-0.25, -0.2) is 9.18 Å². The smallest absolute Gasteiger partial charge is 0.415 e. The van der Waals surface area contributed by atoms with E-state index in [1.807, 2.05) is 0 Å². The SMILES string of the molecule is CCOC(=O)N1CCN=C1SCc1c(F)cccc1Cl. The first kappa shape index (κ1) is 15.1. The molecule has 0 saturated heterocycles. The number of amidine groups is 1. The number of hydrogen-bond acceptors (Lipinski definition) is 4. The van der Waals surface area contributed by atoms with Gasteiger partial charge in [0.05, 0.1) is 19.7 Å². The van der Waals surface area contributed by atoms with Crippen molar-refractivity contribution in [3.63, 3.8) is 0 Å². The number of rotatable bonds is 3. The van der Waals surface area contributed by atoms with Crippen molar-refractivity contribution in [1.29, 1.82) is 0 Å². The average Bonchev–Trinajstić information content (AvgIpc) is 2.87. The van der Waals surface area contributed by atoms with Gasteiger partial charge in [-0.1, -0.05) is 29.4 Å². The van der Waals surface area contributed by atoms with Crippen LogP contribution in [0.1, 0.15) is 12.5 Å². The number of ether oxygens (including phenoxy) is 1. The average molecular weight is 317 g/mol. The molecule has 1 heterocycles. The predicted octanol–water partition coefficient (Wildman–Crippen LogP) is 3.54. The van der Waals surface area contributed by atoms with Crippen molar-refractivity contribution >= 4 is 34.6 Å². The van der Waals surface area contributed by atoms with Crippen molar-refractivity contribution in [2.24, 2.45) is 4.99 Å². The molecule has 108 valence electrons. The van der Waals surface area contributed by atoms with Crippen molar-refractivity contribution in [1.82, 2.24) is 4.90 Å². The van der Waals surface area contributed by atoms with E-state index in [4.69, 9.17) is 16.3 Å². The van der Waals surface area contributed by atoms with E-state index in [1.54, 1.807) is 19.1 Å². The molecule has 0 fully saturated rings. The molecule has 0 radical (unpaired) electrons. The molecular weight excluding hydrogens is 303 g/mol. The lowest BCUT2D eigenvalue weighted by Gasteiger charge is -2.17. The Labute approximate surface area is 126 Å². The summed E-state index contributed by atoms with van der Waals surface area (Å²) in [4.78, 5) is 17.4. The third-order valence-electron chi connectivity index (χ3n) is 2.70. The summed E-state index contributed by atoms with van der Waals surface area (Å²) in [6.07, 6.45) is -0.420. The van der Waals surface area contributed by atoms with Crippen LogP contribution >= 0.6 is 23.4 Å². The maximum absolute atomic E-state index is 13.7. The lowest BCUT2D eigenvalue weighted by molar-refractivity contribution is 0.131. The van der Waals surface area contributed by atoms with Crippen LogP contribution in [0.2, 0.25) is 5.02 Å². The monoisotopic (exact) mass is 316 g/mol. The van der Waals surface area contributed by atoms with Gasteiger partial charge < -0.3 is 4.74 Å². The number of carbonyl (C=O) groups excluding carboxylic acids is 1. The fourth-order valence-electron chi connectivity index (χ4n) is 1.73. The molecule has 0 saturated carbocycles. The van der Waals surface area contributed by atoms with Crippen LogP contribution in [0.3, 0.4) is 0 Å². The van der Waals surface area contributed by atoms with E-state index >= 15 is 0 Å². The first-order valence-corrected chi connectivity index (χ1v) is 7.54. The van der Waals surface area contributed by atoms with E-state index in [-0.39, 0.29) is 5.82 Å². The van der Waals surface area contributed by atoms with Gasteiger partial charge in [0.25, 0.3) is 0 Å². The number of nitrogens with zero attached hydrogens (tertiary/aromatic N) is 2. The largest absolute Gasteiger partial charge is 0.449 e. The topological polar surface area (TPSA) is 41.9 Å². The molecule has 0 N–H and O–H groups in total. The van der Waals surface area contributed by atoms with Crippen LogP contribution < -0.4 is 0 Å². The van der Waals surface area contributed by atoms with Crippen LogP contribution in [0.15, 0.2) is 23.2 Å². The van der Waals surface area contributed by atoms with Crippen LogP contribution in [0.4, 0.5) is 9.18 Å². The second-order valence-corrected chi connectivity index (χ2v) is 5.35. The minimum Gasteiger partial charge on any atom is -0.449 e. The van der Waals surface area contributed by atoms with Gasteiger partial charge in [0, 0.05) is 16.3 Å². The highest BCUT2D eigenvalue weighted by Crippen LogP contribution is 2.26. The summed E-state index contributed by atoms with van der Waals surface area (Å²) < 4.78 is 18.6. The van der Waals surface area contributed by atoms with E-state index in [1.165, 1.54) is 22.7 Å². The summed E-state index contributed by atoms with van der Waals surface area (Å²) >= 11 is 7.24. The highest BCUT2D eigenvalue weighted by molar-refractivity contribution is 8.13. The summed E-state index contributed by atoms with van der Waals surface area (Å²) in [6.45, 7) is 3.09. The summed E-state index contributed by atoms with van der Waals surface area (Å²) in [7, 11) is 0. The maximum Gasteiger partial charge on any atom is 0.415 e. The van der Waals surface area contributed by atoms with E-state index in [0.29, 0.717) is 41.2 Å². The molecule has 0 aromatic heterocycles. The molecule has 4 nitrogen and oxygen atoms in total. The van der Waals surface area contributed by atoms with Crippen LogP contribution in [0.25, 0.3) is 0 Å². The van der Waals surface area contributed by atoms with Crippen molar-refractivity contribution in [2.45, 2.75) is 12.7 Å². The quantitative estimate of drug-likeness (QED) is 0.856. The molecule has 0 spiro atoms. The number of amides is 1. The minimum atomic E-state index is -0.420. The normalized spacial score (nSPS) is 14.3. The van der Waals surface area contributed by atoms with Crippen molar-refractivity contribution in [3.8, 4) is 0 Å². The van der Waals surface area contributed by atoms with Gasteiger partial charge in [-0.3, -0.25) is 9.89 Å². The van der Waals surface area contributed by atoms with Crippen LogP contribution in [-0.4, -0.2) is 35.9 Å². The number of aliphatic imine (C=N–C) groups is 1. The third-order valence-corrected chi connectivity index (χ3v) is 4.09. The molecule has 1 aliphatic rings. The van der Waals surface area contributed by atoms with Gasteiger partial charge in [0.1, 0.15) is 5.82 Å². The standard InChI is InChI=1S/C13H14ClFN2O2S/c1-2-19-13(18)17-7-6-16-12(17)20-8-9-10(14)4-3-5-11(9)15/h3-5H,2,6-8H2,1H3. The molecule has 1 aromatic rings. The minimum absolute atomic E-state index is 0.312. The number of benzene rings is 1. The zero-order valence-corrected chi connectivity index (χ0v) is 12.5. The second-order valence-electron chi connectivity index (χ2n) is 4.00. The molecule has 20 heavy (non-hydrogen) atoms. The number of thioether (sulfide) groups is 1. The van der Waals surface area contributed by atoms with Gasteiger partial charge in [0.15, 0.2) is 5.17 Å². The maximum atomic E-state index is 13.7. The summed E-state index contributed by atoms with van der Waals surface area (Å²) in [5.74, 6) is -0.0356. The van der Waals surface area contributed by atoms with E-state index < -0.39 is 6.09 Å². The fourth-order valence-corrected chi connectivity index (χ4v) is 3.11. The molecule has 0 atom stereocenters. The molecule has 0 unspecified atom stereocenters. The molecule has 0 aliphatic carbocycles. The Morgan fingerprint density at radius 2 is 2.40 bits per heavy atom. The Bertz CT molecular complexity index is 519. The molecule has 0 bridgehead atoms. The molecule has 1 amide bonds. The van der Waals surface area contributed by atoms with Crippen LogP contribution in [0.5, 0.6) is 0 Å². The zero-order valence-electron chi connectivity index (χ0n) is 10.9. The highest BCUT2D eigenvalue weighted by Gasteiger charge is 2.25. The summed E-state index contributed by atoms with van der Waals surface area (Å²) in [6, 6.07) is 4.56. The lowest BCUT2D eigenvalue weighted by Crippen LogP contribution is -2.33. The Kier molecular flexibility index (Phi) is 5.25. The van der Waals surface area contributed by atoms with Crippen molar-refractivity contribution < 1.29 is 13.9 Å². The third kappa shape index (κ3) is 3.43. The van der Waals surface area contributed by atoms with Gasteiger partial charge in [-0.15, -0.1) is 0 Å². The lowest BCUT2D eigenvalue weighted by atomic mass is 10.2.